The van der Waals surface area contributed by atoms with Gasteiger partial charge in [0.2, 0.25) is 0 Å². The van der Waals surface area contributed by atoms with Crippen LogP contribution in [0.15, 0.2) is 30.3 Å². The van der Waals surface area contributed by atoms with Crippen molar-refractivity contribution in [3.8, 4) is 0 Å². The summed E-state index contributed by atoms with van der Waals surface area (Å²) in [6, 6.07) is 12.3. The van der Waals surface area contributed by atoms with Crippen LogP contribution < -0.4 is 5.32 Å². The first-order valence-electron chi connectivity index (χ1n) is 7.65. The Morgan fingerprint density at radius 2 is 2.05 bits per heavy atom. The molecule has 2 heteroatoms. The van der Waals surface area contributed by atoms with Gasteiger partial charge in [-0.15, -0.1) is 0 Å². The van der Waals surface area contributed by atoms with Crippen LogP contribution in [0.2, 0.25) is 0 Å². The first-order chi connectivity index (χ1) is 9.16. The number of likely N-dealkylation sites (tertiary alicyclic amines) is 1. The molecule has 106 valence electrons. The second-order valence-corrected chi connectivity index (χ2v) is 6.11. The maximum Gasteiger partial charge on any atom is 0.00940 e. The van der Waals surface area contributed by atoms with Crippen LogP contribution in [-0.2, 0) is 0 Å². The summed E-state index contributed by atoms with van der Waals surface area (Å²) in [7, 11) is 2.23. The average Bonchev–Trinajstić information content (AvgIpc) is 2.43. The maximum atomic E-state index is 3.75. The highest BCUT2D eigenvalue weighted by molar-refractivity contribution is 5.18. The van der Waals surface area contributed by atoms with Gasteiger partial charge in [0, 0.05) is 12.1 Å². The van der Waals surface area contributed by atoms with Crippen molar-refractivity contribution in [2.45, 2.75) is 51.1 Å². The molecule has 1 heterocycles. The monoisotopic (exact) mass is 260 g/mol. The van der Waals surface area contributed by atoms with Gasteiger partial charge >= 0.3 is 0 Å². The number of rotatable bonds is 5. The van der Waals surface area contributed by atoms with E-state index in [0.29, 0.717) is 12.0 Å². The van der Waals surface area contributed by atoms with Crippen LogP contribution in [0.1, 0.15) is 44.6 Å². The van der Waals surface area contributed by atoms with Gasteiger partial charge in [-0.1, -0.05) is 37.3 Å². The summed E-state index contributed by atoms with van der Waals surface area (Å²) in [5, 5.41) is 3.75. The summed E-state index contributed by atoms with van der Waals surface area (Å²) in [4.78, 5) is 2.46. The fourth-order valence-electron chi connectivity index (χ4n) is 2.93. The summed E-state index contributed by atoms with van der Waals surface area (Å²) in [5.74, 6) is 0.650. The minimum Gasteiger partial charge on any atom is -0.314 e. The van der Waals surface area contributed by atoms with E-state index >= 15 is 0 Å². The topological polar surface area (TPSA) is 15.3 Å². The van der Waals surface area contributed by atoms with Crippen LogP contribution in [0.25, 0.3) is 0 Å². The van der Waals surface area contributed by atoms with Crippen molar-refractivity contribution in [1.82, 2.24) is 10.2 Å². The number of piperidine rings is 1. The Labute approximate surface area is 118 Å². The molecular formula is C17H28N2. The Morgan fingerprint density at radius 3 is 2.74 bits per heavy atom. The lowest BCUT2D eigenvalue weighted by molar-refractivity contribution is 0.168. The maximum absolute atomic E-state index is 3.75. The standard InChI is InChI=1S/C17H28N2/c1-14(16-7-5-4-6-8-16)9-11-18-17-10-12-19(3)15(2)13-17/h4-8,14-15,17-18H,9-13H2,1-3H3. The smallest absolute Gasteiger partial charge is 0.00940 e. The quantitative estimate of drug-likeness (QED) is 0.874. The van der Waals surface area contributed by atoms with Crippen LogP contribution in [0.5, 0.6) is 0 Å². The van der Waals surface area contributed by atoms with Gasteiger partial charge in [0.05, 0.1) is 0 Å². The Bertz CT molecular complexity index is 363. The van der Waals surface area contributed by atoms with E-state index in [0.717, 1.165) is 12.6 Å². The van der Waals surface area contributed by atoms with Crippen molar-refractivity contribution in [2.75, 3.05) is 20.1 Å². The zero-order valence-electron chi connectivity index (χ0n) is 12.6. The Morgan fingerprint density at radius 1 is 1.32 bits per heavy atom. The minimum absolute atomic E-state index is 0.650. The zero-order chi connectivity index (χ0) is 13.7. The van der Waals surface area contributed by atoms with E-state index in [1.807, 2.05) is 0 Å². The molecule has 0 aromatic heterocycles. The number of hydrogen-bond acceptors (Lipinski definition) is 2. The lowest BCUT2D eigenvalue weighted by Gasteiger charge is -2.35. The van der Waals surface area contributed by atoms with Gasteiger partial charge < -0.3 is 10.2 Å². The van der Waals surface area contributed by atoms with Crippen molar-refractivity contribution in [3.05, 3.63) is 35.9 Å². The highest BCUT2D eigenvalue weighted by Gasteiger charge is 2.22. The molecule has 1 saturated heterocycles. The van der Waals surface area contributed by atoms with Crippen LogP contribution >= 0.6 is 0 Å². The molecule has 1 fully saturated rings. The van der Waals surface area contributed by atoms with E-state index in [4.69, 9.17) is 0 Å². The summed E-state index contributed by atoms with van der Waals surface area (Å²) in [6.45, 7) is 7.03. The van der Waals surface area contributed by atoms with Crippen molar-refractivity contribution in [3.63, 3.8) is 0 Å². The minimum atomic E-state index is 0.650. The first kappa shape index (κ1) is 14.5. The summed E-state index contributed by atoms with van der Waals surface area (Å²) < 4.78 is 0. The average molecular weight is 260 g/mol. The molecule has 3 unspecified atom stereocenters. The Balaban J connectivity index is 1.69. The highest BCUT2D eigenvalue weighted by Crippen LogP contribution is 2.19. The Kier molecular flexibility index (Phi) is 5.41. The van der Waals surface area contributed by atoms with Crippen molar-refractivity contribution in [2.24, 2.45) is 0 Å². The molecule has 3 atom stereocenters. The van der Waals surface area contributed by atoms with Crippen LogP contribution in [0.4, 0.5) is 0 Å². The number of benzene rings is 1. The summed E-state index contributed by atoms with van der Waals surface area (Å²) in [6.07, 6.45) is 3.81. The van der Waals surface area contributed by atoms with Crippen molar-refractivity contribution >= 4 is 0 Å². The molecule has 0 spiro atoms. The second-order valence-electron chi connectivity index (χ2n) is 6.11. The van der Waals surface area contributed by atoms with Gasteiger partial charge in [-0.3, -0.25) is 0 Å². The lowest BCUT2D eigenvalue weighted by atomic mass is 9.96. The van der Waals surface area contributed by atoms with E-state index in [-0.39, 0.29) is 0 Å². The predicted octanol–water partition coefficient (Wildman–Crippen LogP) is 3.25. The number of hydrogen-bond donors (Lipinski definition) is 1. The largest absolute Gasteiger partial charge is 0.314 e. The normalized spacial score (nSPS) is 26.3. The number of nitrogens with zero attached hydrogens (tertiary/aromatic N) is 1. The lowest BCUT2D eigenvalue weighted by Crippen LogP contribution is -2.45. The van der Waals surface area contributed by atoms with E-state index in [2.05, 4.69) is 61.4 Å². The van der Waals surface area contributed by atoms with Gasteiger partial charge in [-0.2, -0.15) is 0 Å². The molecule has 19 heavy (non-hydrogen) atoms. The SMILES string of the molecule is CC(CCNC1CCN(C)C(C)C1)c1ccccc1. The van der Waals surface area contributed by atoms with E-state index in [1.165, 1.54) is 31.4 Å². The first-order valence-corrected chi connectivity index (χ1v) is 7.65. The van der Waals surface area contributed by atoms with Crippen LogP contribution in [0, 0.1) is 0 Å². The summed E-state index contributed by atoms with van der Waals surface area (Å²) >= 11 is 0. The molecule has 1 N–H and O–H groups in total. The molecular weight excluding hydrogens is 232 g/mol. The van der Waals surface area contributed by atoms with Gasteiger partial charge in [-0.25, -0.2) is 0 Å². The molecule has 2 nitrogen and oxygen atoms in total. The molecule has 1 aliphatic heterocycles. The van der Waals surface area contributed by atoms with E-state index in [9.17, 15) is 0 Å². The molecule has 0 amide bonds. The van der Waals surface area contributed by atoms with Gasteiger partial charge in [-0.05, 0) is 57.8 Å². The second kappa shape index (κ2) is 7.06. The predicted molar refractivity (Wildman–Crippen MR) is 82.6 cm³/mol. The van der Waals surface area contributed by atoms with Crippen molar-refractivity contribution < 1.29 is 0 Å². The van der Waals surface area contributed by atoms with Crippen molar-refractivity contribution in [1.29, 1.82) is 0 Å². The molecule has 2 rings (SSSR count). The molecule has 0 aliphatic carbocycles. The van der Waals surface area contributed by atoms with Crippen LogP contribution in [-0.4, -0.2) is 37.1 Å². The molecule has 1 aromatic carbocycles. The van der Waals surface area contributed by atoms with Crippen LogP contribution in [0.3, 0.4) is 0 Å². The van der Waals surface area contributed by atoms with E-state index in [1.54, 1.807) is 0 Å². The third-order valence-electron chi connectivity index (χ3n) is 4.59. The molecule has 1 aromatic rings. The third kappa shape index (κ3) is 4.32. The van der Waals surface area contributed by atoms with Gasteiger partial charge in [0.25, 0.3) is 0 Å². The Hall–Kier alpha value is -0.860. The van der Waals surface area contributed by atoms with E-state index < -0.39 is 0 Å². The number of nitrogens with one attached hydrogen (secondary N) is 1. The fraction of sp³-hybridized carbons (Fsp3) is 0.647. The zero-order valence-corrected chi connectivity index (χ0v) is 12.6. The fourth-order valence-corrected chi connectivity index (χ4v) is 2.93. The molecule has 0 radical (unpaired) electrons. The third-order valence-corrected chi connectivity index (χ3v) is 4.59. The molecule has 1 aliphatic rings. The summed E-state index contributed by atoms with van der Waals surface area (Å²) in [5.41, 5.74) is 1.46. The van der Waals surface area contributed by atoms with Gasteiger partial charge in [0.1, 0.15) is 0 Å². The highest BCUT2D eigenvalue weighted by atomic mass is 15.1. The van der Waals surface area contributed by atoms with Gasteiger partial charge in [0.15, 0.2) is 0 Å². The molecule has 0 saturated carbocycles. The molecule has 0 bridgehead atoms.